The number of piperazine rings is 1. The lowest BCUT2D eigenvalue weighted by atomic mass is 9.49. The third kappa shape index (κ3) is 2.79. The largest absolute Gasteiger partial charge is 0.345 e. The van der Waals surface area contributed by atoms with Crippen LogP contribution in [0.4, 0.5) is 0 Å². The summed E-state index contributed by atoms with van der Waals surface area (Å²) in [6.45, 7) is 2.58. The molecule has 2 aromatic rings. The van der Waals surface area contributed by atoms with Crippen LogP contribution in [0.15, 0.2) is 24.5 Å². The predicted molar refractivity (Wildman–Crippen MR) is 109 cm³/mol. The number of rotatable bonds is 2. The van der Waals surface area contributed by atoms with Gasteiger partial charge < -0.3 is 14.8 Å². The van der Waals surface area contributed by atoms with Crippen molar-refractivity contribution in [3.63, 3.8) is 0 Å². The lowest BCUT2D eigenvalue weighted by Crippen LogP contribution is -2.58. The van der Waals surface area contributed by atoms with E-state index in [0.29, 0.717) is 37.6 Å². The Labute approximate surface area is 170 Å². The fourth-order valence-corrected chi connectivity index (χ4v) is 7.07. The minimum absolute atomic E-state index is 0.0448. The number of imidazole rings is 1. The molecule has 2 heterocycles. The second kappa shape index (κ2) is 6.31. The first-order chi connectivity index (χ1) is 14.1. The molecule has 152 valence electrons. The number of aromatic amines is 1. The van der Waals surface area contributed by atoms with Crippen LogP contribution in [0.25, 0.3) is 11.0 Å². The summed E-state index contributed by atoms with van der Waals surface area (Å²) < 4.78 is 0. The van der Waals surface area contributed by atoms with Crippen LogP contribution < -0.4 is 0 Å². The van der Waals surface area contributed by atoms with Gasteiger partial charge in [0.15, 0.2) is 0 Å². The maximum atomic E-state index is 13.5. The Morgan fingerprint density at radius 2 is 1.55 bits per heavy atom. The number of benzene rings is 1. The van der Waals surface area contributed by atoms with Crippen LogP contribution >= 0.6 is 0 Å². The summed E-state index contributed by atoms with van der Waals surface area (Å²) >= 11 is 0. The van der Waals surface area contributed by atoms with E-state index >= 15 is 0 Å². The molecule has 0 unspecified atom stereocenters. The molecule has 1 saturated heterocycles. The average Bonchev–Trinajstić information content (AvgIpc) is 3.20. The lowest BCUT2D eigenvalue weighted by molar-refractivity contribution is -0.159. The number of nitrogens with zero attached hydrogens (tertiary/aromatic N) is 3. The van der Waals surface area contributed by atoms with Crippen LogP contribution in [-0.2, 0) is 4.79 Å². The van der Waals surface area contributed by atoms with Crippen molar-refractivity contribution in [1.82, 2.24) is 19.8 Å². The summed E-state index contributed by atoms with van der Waals surface area (Å²) in [7, 11) is 0. The Morgan fingerprint density at radius 3 is 2.21 bits per heavy atom. The van der Waals surface area contributed by atoms with E-state index in [1.807, 2.05) is 23.1 Å². The molecule has 5 fully saturated rings. The van der Waals surface area contributed by atoms with Gasteiger partial charge in [-0.25, -0.2) is 4.98 Å². The summed E-state index contributed by atoms with van der Waals surface area (Å²) in [4.78, 5) is 37.7. The van der Waals surface area contributed by atoms with Crippen molar-refractivity contribution in [2.24, 2.45) is 23.2 Å². The standard InChI is InChI=1S/C23H28N4O2/c28-21(18-1-2-19-20(10-18)25-14-24-19)26-3-5-27(6-4-26)22(29)23-11-15-7-16(12-23)9-17(8-15)13-23/h1-2,10,14-17H,3-9,11-13H2,(H,24,25). The Morgan fingerprint density at radius 1 is 0.931 bits per heavy atom. The number of hydrogen-bond acceptors (Lipinski definition) is 3. The first kappa shape index (κ1) is 17.5. The van der Waals surface area contributed by atoms with Gasteiger partial charge in [0.2, 0.25) is 5.91 Å². The molecule has 6 nitrogen and oxygen atoms in total. The highest BCUT2D eigenvalue weighted by atomic mass is 16.2. The summed E-state index contributed by atoms with van der Waals surface area (Å²) in [5.41, 5.74) is 2.36. The Bertz CT molecular complexity index is 937. The average molecular weight is 393 g/mol. The van der Waals surface area contributed by atoms with Crippen molar-refractivity contribution >= 4 is 22.8 Å². The molecule has 1 aromatic carbocycles. The summed E-state index contributed by atoms with van der Waals surface area (Å²) in [6.07, 6.45) is 9.05. The number of nitrogens with one attached hydrogen (secondary N) is 1. The molecule has 0 spiro atoms. The van der Waals surface area contributed by atoms with E-state index in [0.717, 1.165) is 48.0 Å². The molecule has 7 rings (SSSR count). The predicted octanol–water partition coefficient (Wildman–Crippen LogP) is 3.06. The molecule has 5 aliphatic rings. The quantitative estimate of drug-likeness (QED) is 0.854. The van der Waals surface area contributed by atoms with Crippen molar-refractivity contribution in [3.8, 4) is 0 Å². The van der Waals surface area contributed by atoms with Gasteiger partial charge in [-0.05, 0) is 74.5 Å². The Kier molecular flexibility index (Phi) is 3.81. The zero-order valence-corrected chi connectivity index (χ0v) is 16.8. The summed E-state index contributed by atoms with van der Waals surface area (Å²) in [5, 5.41) is 0. The van der Waals surface area contributed by atoms with Crippen molar-refractivity contribution in [2.75, 3.05) is 26.2 Å². The molecule has 4 bridgehead atoms. The number of H-pyrrole nitrogens is 1. The van der Waals surface area contributed by atoms with Gasteiger partial charge >= 0.3 is 0 Å². The molecule has 0 radical (unpaired) electrons. The number of fused-ring (bicyclic) bond motifs is 1. The first-order valence-electron chi connectivity index (χ1n) is 11.1. The van der Waals surface area contributed by atoms with E-state index in [4.69, 9.17) is 0 Å². The Hall–Kier alpha value is -2.37. The van der Waals surface area contributed by atoms with Crippen LogP contribution in [0.3, 0.4) is 0 Å². The van der Waals surface area contributed by atoms with E-state index in [9.17, 15) is 9.59 Å². The number of carbonyl (C=O) groups is 2. The maximum Gasteiger partial charge on any atom is 0.254 e. The second-order valence-corrected chi connectivity index (χ2v) is 9.92. The van der Waals surface area contributed by atoms with Crippen LogP contribution in [0.1, 0.15) is 48.9 Å². The number of carbonyl (C=O) groups excluding carboxylic acids is 2. The highest BCUT2D eigenvalue weighted by molar-refractivity contribution is 5.97. The minimum Gasteiger partial charge on any atom is -0.345 e. The summed E-state index contributed by atoms with van der Waals surface area (Å²) in [6, 6.07) is 5.60. The topological polar surface area (TPSA) is 69.3 Å². The lowest BCUT2D eigenvalue weighted by Gasteiger charge is -2.57. The van der Waals surface area contributed by atoms with Crippen LogP contribution in [0.2, 0.25) is 0 Å². The van der Waals surface area contributed by atoms with E-state index in [2.05, 4.69) is 14.9 Å². The van der Waals surface area contributed by atoms with Gasteiger partial charge in [-0.2, -0.15) is 0 Å². The smallest absolute Gasteiger partial charge is 0.254 e. The van der Waals surface area contributed by atoms with Crippen molar-refractivity contribution in [2.45, 2.75) is 38.5 Å². The normalized spacial score (nSPS) is 33.4. The summed E-state index contributed by atoms with van der Waals surface area (Å²) in [5.74, 6) is 2.78. The molecule has 1 N–H and O–H groups in total. The first-order valence-corrected chi connectivity index (χ1v) is 11.1. The second-order valence-electron chi connectivity index (χ2n) is 9.92. The monoisotopic (exact) mass is 392 g/mol. The molecule has 4 aliphatic carbocycles. The van der Waals surface area contributed by atoms with E-state index in [1.165, 1.54) is 19.3 Å². The molecule has 6 heteroatoms. The highest BCUT2D eigenvalue weighted by Gasteiger charge is 2.55. The van der Waals surface area contributed by atoms with Crippen LogP contribution in [-0.4, -0.2) is 57.8 Å². The fourth-order valence-electron chi connectivity index (χ4n) is 7.07. The molecule has 4 saturated carbocycles. The van der Waals surface area contributed by atoms with Crippen molar-refractivity contribution in [3.05, 3.63) is 30.1 Å². The van der Waals surface area contributed by atoms with Crippen LogP contribution in [0.5, 0.6) is 0 Å². The van der Waals surface area contributed by atoms with Gasteiger partial charge in [0.25, 0.3) is 5.91 Å². The number of hydrogen-bond donors (Lipinski definition) is 1. The van der Waals surface area contributed by atoms with E-state index in [-0.39, 0.29) is 11.3 Å². The highest BCUT2D eigenvalue weighted by Crippen LogP contribution is 2.60. The van der Waals surface area contributed by atoms with Gasteiger partial charge in [-0.1, -0.05) is 0 Å². The zero-order valence-electron chi connectivity index (χ0n) is 16.8. The molecular formula is C23H28N4O2. The van der Waals surface area contributed by atoms with Gasteiger partial charge in [-0.3, -0.25) is 9.59 Å². The van der Waals surface area contributed by atoms with E-state index < -0.39 is 0 Å². The fraction of sp³-hybridized carbons (Fsp3) is 0.609. The third-order valence-electron chi connectivity index (χ3n) is 8.01. The van der Waals surface area contributed by atoms with Gasteiger partial charge in [0, 0.05) is 31.7 Å². The number of amides is 2. The molecular weight excluding hydrogens is 364 g/mol. The molecule has 1 aliphatic heterocycles. The van der Waals surface area contributed by atoms with E-state index in [1.54, 1.807) is 6.33 Å². The van der Waals surface area contributed by atoms with Gasteiger partial charge in [0.1, 0.15) is 0 Å². The third-order valence-corrected chi connectivity index (χ3v) is 8.01. The zero-order chi connectivity index (χ0) is 19.6. The molecule has 29 heavy (non-hydrogen) atoms. The molecule has 0 atom stereocenters. The molecule has 2 amide bonds. The Balaban J connectivity index is 1.13. The van der Waals surface area contributed by atoms with Gasteiger partial charge in [-0.15, -0.1) is 0 Å². The maximum absolute atomic E-state index is 13.5. The van der Waals surface area contributed by atoms with Crippen LogP contribution in [0, 0.1) is 23.2 Å². The molecule has 1 aromatic heterocycles. The van der Waals surface area contributed by atoms with Crippen molar-refractivity contribution < 1.29 is 9.59 Å². The van der Waals surface area contributed by atoms with Crippen molar-refractivity contribution in [1.29, 1.82) is 0 Å². The van der Waals surface area contributed by atoms with Gasteiger partial charge in [0.05, 0.1) is 22.8 Å². The SMILES string of the molecule is O=C(c1ccc2nc[nH]c2c1)N1CCN(C(=O)C23CC4CC(CC(C4)C2)C3)CC1. The number of aromatic nitrogens is 2. The minimum atomic E-state index is -0.0768.